The Morgan fingerprint density at radius 2 is 1.90 bits per heavy atom. The number of rotatable bonds is 4. The number of imide groups is 1. The summed E-state index contributed by atoms with van der Waals surface area (Å²) in [4.78, 5) is 24.6. The van der Waals surface area contributed by atoms with Gasteiger partial charge in [0.25, 0.3) is 5.91 Å². The molecule has 0 spiro atoms. The summed E-state index contributed by atoms with van der Waals surface area (Å²) in [5.41, 5.74) is 0. The largest absolute Gasteiger partial charge is 0.338 e. The van der Waals surface area contributed by atoms with E-state index in [1.54, 1.807) is 0 Å². The van der Waals surface area contributed by atoms with Gasteiger partial charge in [-0.3, -0.25) is 10.1 Å². The molecule has 1 aliphatic carbocycles. The highest BCUT2D eigenvalue weighted by Crippen LogP contribution is 2.32. The van der Waals surface area contributed by atoms with Gasteiger partial charge in [-0.25, -0.2) is 4.79 Å². The van der Waals surface area contributed by atoms with Gasteiger partial charge in [-0.15, -0.1) is 0 Å². The Balaban J connectivity index is 1.70. The van der Waals surface area contributed by atoms with Crippen LogP contribution in [0.2, 0.25) is 0 Å². The van der Waals surface area contributed by atoms with Crippen LogP contribution in [0, 0.1) is 11.8 Å². The first-order valence-corrected chi connectivity index (χ1v) is 8.10. The van der Waals surface area contributed by atoms with Crippen LogP contribution in [0.3, 0.4) is 0 Å². The van der Waals surface area contributed by atoms with E-state index in [-0.39, 0.29) is 11.9 Å². The summed E-state index contributed by atoms with van der Waals surface area (Å²) in [5, 5.41) is 5.09. The van der Waals surface area contributed by atoms with Crippen molar-refractivity contribution >= 4 is 11.9 Å². The summed E-state index contributed by atoms with van der Waals surface area (Å²) < 4.78 is 0. The Morgan fingerprint density at radius 1 is 1.15 bits per heavy atom. The molecule has 1 unspecified atom stereocenters. The normalized spacial score (nSPS) is 29.4. The van der Waals surface area contributed by atoms with E-state index in [0.717, 1.165) is 31.3 Å². The van der Waals surface area contributed by atoms with E-state index in [1.165, 1.54) is 37.0 Å². The number of carbonyl (C=O) groups is 2. The molecule has 0 bridgehead atoms. The van der Waals surface area contributed by atoms with Crippen molar-refractivity contribution in [2.45, 2.75) is 45.4 Å². The molecule has 5 nitrogen and oxygen atoms in total. The molecule has 5 heteroatoms. The Labute approximate surface area is 121 Å². The minimum absolute atomic E-state index is 0.150. The minimum Gasteiger partial charge on any atom is -0.338 e. The lowest BCUT2D eigenvalue weighted by Gasteiger charge is -2.38. The van der Waals surface area contributed by atoms with Gasteiger partial charge >= 0.3 is 6.03 Å². The van der Waals surface area contributed by atoms with Crippen LogP contribution < -0.4 is 15.5 Å². The van der Waals surface area contributed by atoms with Gasteiger partial charge in [0.2, 0.25) is 0 Å². The molecule has 1 saturated heterocycles. The molecule has 3 N–H and O–H groups in total. The van der Waals surface area contributed by atoms with Crippen molar-refractivity contribution in [2.75, 3.05) is 26.2 Å². The monoisotopic (exact) mass is 282 g/mol. The van der Waals surface area contributed by atoms with E-state index in [2.05, 4.69) is 10.6 Å². The van der Waals surface area contributed by atoms with Crippen molar-refractivity contribution in [1.29, 1.82) is 0 Å². The predicted octanol–water partition coefficient (Wildman–Crippen LogP) is 0.317. The molecule has 0 aromatic carbocycles. The fourth-order valence-electron chi connectivity index (χ4n) is 3.64. The Hall–Kier alpha value is -1.10. The van der Waals surface area contributed by atoms with Crippen LogP contribution in [-0.4, -0.2) is 38.1 Å². The third kappa shape index (κ3) is 4.47. The first kappa shape index (κ1) is 15.3. The fraction of sp³-hybridized carbons (Fsp3) is 0.867. The van der Waals surface area contributed by atoms with E-state index in [4.69, 9.17) is 0 Å². The molecule has 20 heavy (non-hydrogen) atoms. The van der Waals surface area contributed by atoms with Crippen LogP contribution >= 0.6 is 0 Å². The van der Waals surface area contributed by atoms with Gasteiger partial charge < -0.3 is 10.2 Å². The van der Waals surface area contributed by atoms with Gasteiger partial charge in [-0.05, 0) is 31.6 Å². The zero-order valence-corrected chi connectivity index (χ0v) is 12.5. The lowest BCUT2D eigenvalue weighted by atomic mass is 9.75. The van der Waals surface area contributed by atoms with Gasteiger partial charge in [0.05, 0.1) is 13.1 Å². The maximum absolute atomic E-state index is 11.9. The first-order chi connectivity index (χ1) is 9.69. The maximum Gasteiger partial charge on any atom is 0.321 e. The maximum atomic E-state index is 11.9. The number of hydrogen-bond donors (Lipinski definition) is 3. The van der Waals surface area contributed by atoms with Crippen LogP contribution in [0.15, 0.2) is 0 Å². The number of urea groups is 1. The van der Waals surface area contributed by atoms with Crippen molar-refractivity contribution in [3.05, 3.63) is 0 Å². The van der Waals surface area contributed by atoms with Crippen LogP contribution in [0.5, 0.6) is 0 Å². The molecule has 0 aromatic heterocycles. The molecule has 2 fully saturated rings. The molecule has 0 aromatic rings. The highest BCUT2D eigenvalue weighted by Gasteiger charge is 2.34. The smallest absolute Gasteiger partial charge is 0.321 e. The summed E-state index contributed by atoms with van der Waals surface area (Å²) in [5.74, 6) is 1.54. The lowest BCUT2D eigenvalue weighted by molar-refractivity contribution is -0.902. The molecule has 2 aliphatic rings. The fourth-order valence-corrected chi connectivity index (χ4v) is 3.64. The van der Waals surface area contributed by atoms with E-state index >= 15 is 0 Å². The molecule has 1 heterocycles. The number of fused-ring (bicyclic) bond motifs is 1. The molecule has 0 radical (unpaired) electrons. The highest BCUT2D eigenvalue weighted by molar-refractivity contribution is 5.94. The number of amides is 3. The average molecular weight is 282 g/mol. The summed E-state index contributed by atoms with van der Waals surface area (Å²) in [6.07, 6.45) is 7.56. The predicted molar refractivity (Wildman–Crippen MR) is 77.5 cm³/mol. The van der Waals surface area contributed by atoms with Crippen molar-refractivity contribution in [2.24, 2.45) is 11.8 Å². The van der Waals surface area contributed by atoms with E-state index in [1.807, 2.05) is 6.92 Å². The van der Waals surface area contributed by atoms with E-state index < -0.39 is 0 Å². The number of carbonyl (C=O) groups excluding carboxylic acids is 2. The van der Waals surface area contributed by atoms with Crippen molar-refractivity contribution in [1.82, 2.24) is 10.6 Å². The van der Waals surface area contributed by atoms with E-state index in [0.29, 0.717) is 13.1 Å². The summed E-state index contributed by atoms with van der Waals surface area (Å²) >= 11 is 0. The molecule has 1 aliphatic heterocycles. The second-order valence-corrected chi connectivity index (χ2v) is 6.28. The van der Waals surface area contributed by atoms with Crippen LogP contribution in [-0.2, 0) is 4.79 Å². The molecule has 114 valence electrons. The second-order valence-electron chi connectivity index (χ2n) is 6.28. The standard InChI is InChI=1S/C15H27N3O2/c1-2-8-16-15(20)17-14(19)11-18-9-7-12-5-3-4-6-13(12)10-18/h12-13H,2-11H2,1H3,(H2,16,17,19,20)/p+1/t12-,13-/m1/s1. The van der Waals surface area contributed by atoms with Crippen molar-refractivity contribution < 1.29 is 14.5 Å². The number of piperidine rings is 1. The first-order valence-electron chi connectivity index (χ1n) is 8.10. The second kappa shape index (κ2) is 7.62. The number of hydrogen-bond acceptors (Lipinski definition) is 2. The highest BCUT2D eigenvalue weighted by atomic mass is 16.2. The Kier molecular flexibility index (Phi) is 5.83. The van der Waals surface area contributed by atoms with Crippen LogP contribution in [0.1, 0.15) is 45.4 Å². The molecular formula is C15H28N3O2+. The molecule has 3 amide bonds. The van der Waals surface area contributed by atoms with Crippen LogP contribution in [0.25, 0.3) is 0 Å². The Morgan fingerprint density at radius 3 is 2.65 bits per heavy atom. The number of nitrogens with one attached hydrogen (secondary N) is 3. The van der Waals surface area contributed by atoms with Gasteiger partial charge in [0.1, 0.15) is 0 Å². The van der Waals surface area contributed by atoms with Crippen molar-refractivity contribution in [3.63, 3.8) is 0 Å². The number of likely N-dealkylation sites (tertiary alicyclic amines) is 1. The molecule has 2 rings (SSSR count). The zero-order chi connectivity index (χ0) is 14.4. The van der Waals surface area contributed by atoms with Crippen LogP contribution in [0.4, 0.5) is 4.79 Å². The minimum atomic E-state index is -0.358. The van der Waals surface area contributed by atoms with Gasteiger partial charge in [-0.1, -0.05) is 19.8 Å². The topological polar surface area (TPSA) is 62.6 Å². The Bertz CT molecular complexity index is 346. The van der Waals surface area contributed by atoms with Gasteiger partial charge in [0, 0.05) is 12.5 Å². The van der Waals surface area contributed by atoms with E-state index in [9.17, 15) is 9.59 Å². The molecular weight excluding hydrogens is 254 g/mol. The summed E-state index contributed by atoms with van der Waals surface area (Å²) in [7, 11) is 0. The third-order valence-electron chi connectivity index (χ3n) is 4.69. The third-order valence-corrected chi connectivity index (χ3v) is 4.69. The SMILES string of the molecule is CCCNC(=O)NC(=O)C[NH+]1CC[C@H]2CCCC[C@@H]2C1. The lowest BCUT2D eigenvalue weighted by Crippen LogP contribution is -3.15. The number of quaternary nitrogens is 1. The van der Waals surface area contributed by atoms with Gasteiger partial charge in [0.15, 0.2) is 6.54 Å². The average Bonchev–Trinajstić information content (AvgIpc) is 2.44. The molecule has 1 saturated carbocycles. The van der Waals surface area contributed by atoms with Crippen molar-refractivity contribution in [3.8, 4) is 0 Å². The summed E-state index contributed by atoms with van der Waals surface area (Å²) in [6, 6.07) is -0.358. The zero-order valence-electron chi connectivity index (χ0n) is 12.5. The molecule has 3 atom stereocenters. The quantitative estimate of drug-likeness (QED) is 0.695. The summed E-state index contributed by atoms with van der Waals surface area (Å²) in [6.45, 7) is 5.21. The van der Waals surface area contributed by atoms with Gasteiger partial charge in [-0.2, -0.15) is 0 Å².